The molecule has 0 unspecified atom stereocenters. The minimum atomic E-state index is -0.749. The lowest BCUT2D eigenvalue weighted by Crippen LogP contribution is -2.33. The van der Waals surface area contributed by atoms with Gasteiger partial charge in [-0.2, -0.15) is 11.8 Å². The number of carbonyl (C=O) groups excluding carboxylic acids is 1. The number of nitrogens with zero attached hydrogens (tertiary/aromatic N) is 1. The SMILES string of the molecule is O=C(Nc1cc(F)c(N2CCSCC2)cc1O)OCc1ccccc1. The Morgan fingerprint density at radius 3 is 2.68 bits per heavy atom. The molecule has 1 aliphatic rings. The van der Waals surface area contributed by atoms with Crippen LogP contribution in [-0.4, -0.2) is 35.8 Å². The molecule has 25 heavy (non-hydrogen) atoms. The van der Waals surface area contributed by atoms with Crippen LogP contribution in [-0.2, 0) is 11.3 Å². The molecular weight excluding hydrogens is 343 g/mol. The number of amides is 1. The molecule has 3 rings (SSSR count). The fourth-order valence-electron chi connectivity index (χ4n) is 2.57. The van der Waals surface area contributed by atoms with Crippen molar-refractivity contribution in [1.29, 1.82) is 0 Å². The van der Waals surface area contributed by atoms with Gasteiger partial charge in [-0.05, 0) is 5.56 Å². The minimum Gasteiger partial charge on any atom is -0.506 e. The standard InChI is InChI=1S/C18H19FN2O3S/c19-14-10-15(17(22)11-16(14)21-6-8-25-9-7-21)20-18(23)24-12-13-4-2-1-3-5-13/h1-5,10-11,22H,6-9,12H2,(H,20,23). The van der Waals surface area contributed by atoms with Crippen LogP contribution in [0, 0.1) is 5.82 Å². The molecule has 1 amide bonds. The number of aromatic hydroxyl groups is 1. The molecule has 0 atom stereocenters. The number of hydrogen-bond acceptors (Lipinski definition) is 5. The first kappa shape index (κ1) is 17.4. The van der Waals surface area contributed by atoms with Crippen molar-refractivity contribution in [3.63, 3.8) is 0 Å². The van der Waals surface area contributed by atoms with Gasteiger partial charge in [0, 0.05) is 36.7 Å². The zero-order valence-corrected chi connectivity index (χ0v) is 14.4. The average Bonchev–Trinajstić information content (AvgIpc) is 2.64. The number of hydrogen-bond donors (Lipinski definition) is 2. The summed E-state index contributed by atoms with van der Waals surface area (Å²) in [5.41, 5.74) is 1.18. The largest absolute Gasteiger partial charge is 0.506 e. The van der Waals surface area contributed by atoms with Gasteiger partial charge in [0.05, 0.1) is 11.4 Å². The normalized spacial score (nSPS) is 14.2. The first-order valence-corrected chi connectivity index (χ1v) is 9.12. The number of anilines is 2. The van der Waals surface area contributed by atoms with Crippen LogP contribution in [0.1, 0.15) is 5.56 Å². The molecule has 0 aromatic heterocycles. The monoisotopic (exact) mass is 362 g/mol. The molecule has 2 aromatic rings. The van der Waals surface area contributed by atoms with Crippen LogP contribution in [0.15, 0.2) is 42.5 Å². The third-order valence-corrected chi connectivity index (χ3v) is 4.81. The van der Waals surface area contributed by atoms with Crippen LogP contribution in [0.3, 0.4) is 0 Å². The Morgan fingerprint density at radius 2 is 1.96 bits per heavy atom. The van der Waals surface area contributed by atoms with Crippen molar-refractivity contribution in [3.05, 3.63) is 53.8 Å². The van der Waals surface area contributed by atoms with Gasteiger partial charge in [-0.1, -0.05) is 30.3 Å². The molecule has 0 spiro atoms. The number of nitrogens with one attached hydrogen (secondary N) is 1. The van der Waals surface area contributed by atoms with E-state index in [1.54, 1.807) is 0 Å². The van der Waals surface area contributed by atoms with Gasteiger partial charge in [0.2, 0.25) is 0 Å². The van der Waals surface area contributed by atoms with E-state index < -0.39 is 11.9 Å². The number of carbonyl (C=O) groups is 1. The highest BCUT2D eigenvalue weighted by Crippen LogP contribution is 2.33. The van der Waals surface area contributed by atoms with Gasteiger partial charge >= 0.3 is 6.09 Å². The van der Waals surface area contributed by atoms with E-state index in [0.717, 1.165) is 36.2 Å². The molecular formula is C18H19FN2O3S. The Labute approximate surface area is 149 Å². The van der Waals surface area contributed by atoms with Crippen LogP contribution in [0.4, 0.5) is 20.6 Å². The molecule has 2 N–H and O–H groups in total. The van der Waals surface area contributed by atoms with E-state index in [9.17, 15) is 14.3 Å². The Kier molecular flexibility index (Phi) is 5.65. The summed E-state index contributed by atoms with van der Waals surface area (Å²) in [4.78, 5) is 13.7. The van der Waals surface area contributed by atoms with E-state index >= 15 is 0 Å². The summed E-state index contributed by atoms with van der Waals surface area (Å²) in [6.45, 7) is 1.55. The highest BCUT2D eigenvalue weighted by atomic mass is 32.2. The summed E-state index contributed by atoms with van der Waals surface area (Å²) < 4.78 is 19.4. The maximum absolute atomic E-state index is 14.4. The molecule has 0 radical (unpaired) electrons. The van der Waals surface area contributed by atoms with Crippen LogP contribution >= 0.6 is 11.8 Å². The van der Waals surface area contributed by atoms with Crippen molar-refractivity contribution < 1.29 is 19.0 Å². The second-order valence-electron chi connectivity index (χ2n) is 5.61. The summed E-state index contributed by atoms with van der Waals surface area (Å²) in [6.07, 6.45) is -0.749. The quantitative estimate of drug-likeness (QED) is 0.810. The molecule has 1 saturated heterocycles. The second-order valence-corrected chi connectivity index (χ2v) is 6.83. The predicted molar refractivity (Wildman–Crippen MR) is 97.9 cm³/mol. The van der Waals surface area contributed by atoms with Gasteiger partial charge in [-0.3, -0.25) is 5.32 Å². The van der Waals surface area contributed by atoms with Crippen LogP contribution in [0.5, 0.6) is 5.75 Å². The number of ether oxygens (including phenoxy) is 1. The molecule has 0 bridgehead atoms. The Bertz CT molecular complexity index is 737. The van der Waals surface area contributed by atoms with E-state index in [4.69, 9.17) is 4.74 Å². The minimum absolute atomic E-state index is 0.00861. The van der Waals surface area contributed by atoms with Gasteiger partial charge in [0.1, 0.15) is 18.2 Å². The van der Waals surface area contributed by atoms with Crippen molar-refractivity contribution >= 4 is 29.2 Å². The van der Waals surface area contributed by atoms with Crippen molar-refractivity contribution in [2.45, 2.75) is 6.61 Å². The van der Waals surface area contributed by atoms with Crippen molar-refractivity contribution in [1.82, 2.24) is 0 Å². The van der Waals surface area contributed by atoms with Crippen molar-refractivity contribution in [3.8, 4) is 5.75 Å². The first-order chi connectivity index (χ1) is 12.1. The van der Waals surface area contributed by atoms with Gasteiger partial charge in [-0.15, -0.1) is 0 Å². The summed E-state index contributed by atoms with van der Waals surface area (Å²) in [7, 11) is 0. The van der Waals surface area contributed by atoms with Gasteiger partial charge in [-0.25, -0.2) is 9.18 Å². The van der Waals surface area contributed by atoms with E-state index in [1.807, 2.05) is 47.0 Å². The smallest absolute Gasteiger partial charge is 0.412 e. The lowest BCUT2D eigenvalue weighted by atomic mass is 10.2. The third kappa shape index (κ3) is 4.57. The second kappa shape index (κ2) is 8.11. The van der Waals surface area contributed by atoms with Crippen molar-refractivity contribution in [2.24, 2.45) is 0 Å². The number of benzene rings is 2. The first-order valence-electron chi connectivity index (χ1n) is 7.96. The summed E-state index contributed by atoms with van der Waals surface area (Å²) >= 11 is 1.82. The fourth-order valence-corrected chi connectivity index (χ4v) is 3.47. The van der Waals surface area contributed by atoms with E-state index in [1.165, 1.54) is 6.07 Å². The predicted octanol–water partition coefficient (Wildman–Crippen LogP) is 3.83. The van der Waals surface area contributed by atoms with E-state index in [0.29, 0.717) is 5.69 Å². The third-order valence-electron chi connectivity index (χ3n) is 3.87. The Hall–Kier alpha value is -2.41. The highest BCUT2D eigenvalue weighted by molar-refractivity contribution is 7.99. The molecule has 5 nitrogen and oxygen atoms in total. The molecule has 1 aliphatic heterocycles. The molecule has 0 saturated carbocycles. The summed E-state index contributed by atoms with van der Waals surface area (Å²) in [5.74, 6) is 1.17. The Morgan fingerprint density at radius 1 is 1.24 bits per heavy atom. The maximum atomic E-state index is 14.4. The number of rotatable bonds is 4. The van der Waals surface area contributed by atoms with Gasteiger partial charge < -0.3 is 14.7 Å². The van der Waals surface area contributed by atoms with E-state index in [2.05, 4.69) is 5.32 Å². The molecule has 2 aromatic carbocycles. The average molecular weight is 362 g/mol. The van der Waals surface area contributed by atoms with Crippen LogP contribution in [0.25, 0.3) is 0 Å². The van der Waals surface area contributed by atoms with Crippen LogP contribution < -0.4 is 10.2 Å². The molecule has 1 fully saturated rings. The number of halogens is 1. The molecule has 132 valence electrons. The summed E-state index contributed by atoms with van der Waals surface area (Å²) in [5, 5.41) is 12.5. The zero-order valence-electron chi connectivity index (χ0n) is 13.6. The highest BCUT2D eigenvalue weighted by Gasteiger charge is 2.18. The number of phenolic OH excluding ortho intramolecular Hbond substituents is 1. The molecule has 1 heterocycles. The lowest BCUT2D eigenvalue weighted by molar-refractivity contribution is 0.155. The fraction of sp³-hybridized carbons (Fsp3) is 0.278. The maximum Gasteiger partial charge on any atom is 0.412 e. The molecule has 0 aliphatic carbocycles. The lowest BCUT2D eigenvalue weighted by Gasteiger charge is -2.29. The Balaban J connectivity index is 1.64. The van der Waals surface area contributed by atoms with E-state index in [-0.39, 0.29) is 18.0 Å². The van der Waals surface area contributed by atoms with Gasteiger partial charge in [0.15, 0.2) is 0 Å². The zero-order chi connectivity index (χ0) is 17.6. The number of thioether (sulfide) groups is 1. The molecule has 7 heteroatoms. The van der Waals surface area contributed by atoms with Crippen LogP contribution in [0.2, 0.25) is 0 Å². The topological polar surface area (TPSA) is 61.8 Å². The van der Waals surface area contributed by atoms with Gasteiger partial charge in [0.25, 0.3) is 0 Å². The van der Waals surface area contributed by atoms with Crippen molar-refractivity contribution in [2.75, 3.05) is 34.8 Å². The summed E-state index contributed by atoms with van der Waals surface area (Å²) in [6, 6.07) is 11.7. The number of phenols is 1.